The van der Waals surface area contributed by atoms with E-state index in [0.717, 1.165) is 24.6 Å². The van der Waals surface area contributed by atoms with Crippen molar-refractivity contribution in [1.29, 1.82) is 0 Å². The molecule has 0 radical (unpaired) electrons. The number of alkyl halides is 3. The molecular formula is C7H11F3OS. The average molecular weight is 200 g/mol. The topological polar surface area (TPSA) is 9.23 Å². The Morgan fingerprint density at radius 1 is 1.42 bits per heavy atom. The molecule has 1 atom stereocenters. The summed E-state index contributed by atoms with van der Waals surface area (Å²) in [5.41, 5.74) is 0. The highest BCUT2D eigenvalue weighted by Gasteiger charge is 2.27. The van der Waals surface area contributed by atoms with Crippen LogP contribution in [0.5, 0.6) is 0 Å². The Kier molecular flexibility index (Phi) is 3.71. The monoisotopic (exact) mass is 200 g/mol. The molecule has 0 unspecified atom stereocenters. The van der Waals surface area contributed by atoms with Crippen molar-refractivity contribution in [3.63, 3.8) is 0 Å². The van der Waals surface area contributed by atoms with Crippen molar-refractivity contribution < 1.29 is 17.9 Å². The third kappa shape index (κ3) is 4.21. The maximum absolute atomic E-state index is 11.7. The Morgan fingerprint density at radius 2 is 2.17 bits per heavy atom. The van der Waals surface area contributed by atoms with E-state index in [2.05, 4.69) is 0 Å². The SMILES string of the molecule is FC(F)(F)CSC[C@H]1CCCO1. The number of halogens is 3. The standard InChI is InChI=1S/C7H11F3OS/c8-7(9,10)5-12-4-6-2-1-3-11-6/h6H,1-5H2/t6-/m1/s1. The lowest BCUT2D eigenvalue weighted by atomic mass is 10.3. The van der Waals surface area contributed by atoms with Crippen molar-refractivity contribution in [2.45, 2.75) is 25.1 Å². The second kappa shape index (κ2) is 4.37. The highest BCUT2D eigenvalue weighted by Crippen LogP contribution is 2.24. The van der Waals surface area contributed by atoms with Crippen molar-refractivity contribution in [3.8, 4) is 0 Å². The van der Waals surface area contributed by atoms with Crippen LogP contribution in [0.2, 0.25) is 0 Å². The van der Waals surface area contributed by atoms with E-state index in [0.29, 0.717) is 12.4 Å². The number of rotatable bonds is 3. The van der Waals surface area contributed by atoms with Crippen molar-refractivity contribution in [3.05, 3.63) is 0 Å². The third-order valence-electron chi connectivity index (χ3n) is 1.59. The summed E-state index contributed by atoms with van der Waals surface area (Å²) in [6, 6.07) is 0. The first-order valence-electron chi connectivity index (χ1n) is 3.84. The first kappa shape index (κ1) is 10.2. The van der Waals surface area contributed by atoms with Crippen LogP contribution in [0.25, 0.3) is 0 Å². The van der Waals surface area contributed by atoms with Crippen LogP contribution in [0.15, 0.2) is 0 Å². The summed E-state index contributed by atoms with van der Waals surface area (Å²) in [4.78, 5) is 0. The molecule has 0 aromatic carbocycles. The molecule has 0 aromatic rings. The van der Waals surface area contributed by atoms with Crippen LogP contribution in [0.1, 0.15) is 12.8 Å². The van der Waals surface area contributed by atoms with E-state index in [1.54, 1.807) is 0 Å². The largest absolute Gasteiger partial charge is 0.397 e. The zero-order valence-electron chi connectivity index (χ0n) is 6.56. The quantitative estimate of drug-likeness (QED) is 0.692. The summed E-state index contributed by atoms with van der Waals surface area (Å²) in [6.45, 7) is 0.706. The van der Waals surface area contributed by atoms with Crippen molar-refractivity contribution in [2.75, 3.05) is 18.1 Å². The molecule has 1 aliphatic heterocycles. The molecule has 0 aromatic heterocycles. The van der Waals surface area contributed by atoms with Crippen molar-refractivity contribution in [1.82, 2.24) is 0 Å². The first-order valence-corrected chi connectivity index (χ1v) is 4.99. The summed E-state index contributed by atoms with van der Waals surface area (Å²) in [7, 11) is 0. The molecule has 0 saturated carbocycles. The van der Waals surface area contributed by atoms with E-state index in [-0.39, 0.29) is 6.10 Å². The third-order valence-corrected chi connectivity index (χ3v) is 2.73. The van der Waals surface area contributed by atoms with Gasteiger partial charge in [0.05, 0.1) is 11.9 Å². The maximum atomic E-state index is 11.7. The number of thioether (sulfide) groups is 1. The first-order chi connectivity index (χ1) is 5.58. The van der Waals surface area contributed by atoms with Crippen LogP contribution < -0.4 is 0 Å². The van der Waals surface area contributed by atoms with Gasteiger partial charge in [0.1, 0.15) is 0 Å². The van der Waals surface area contributed by atoms with E-state index in [1.807, 2.05) is 0 Å². The van der Waals surface area contributed by atoms with Gasteiger partial charge in [-0.25, -0.2) is 0 Å². The molecule has 0 aliphatic carbocycles. The second-order valence-electron chi connectivity index (χ2n) is 2.77. The molecule has 0 bridgehead atoms. The fourth-order valence-electron chi connectivity index (χ4n) is 1.08. The van der Waals surface area contributed by atoms with Gasteiger partial charge in [-0.05, 0) is 12.8 Å². The highest BCUT2D eigenvalue weighted by molar-refractivity contribution is 7.99. The molecule has 1 nitrogen and oxygen atoms in total. The smallest absolute Gasteiger partial charge is 0.377 e. The predicted octanol–water partition coefficient (Wildman–Crippen LogP) is 2.46. The van der Waals surface area contributed by atoms with Gasteiger partial charge in [0.15, 0.2) is 0 Å². The van der Waals surface area contributed by atoms with Gasteiger partial charge in [-0.3, -0.25) is 0 Å². The highest BCUT2D eigenvalue weighted by atomic mass is 32.2. The normalized spacial score (nSPS) is 24.8. The summed E-state index contributed by atoms with van der Waals surface area (Å²) < 4.78 is 40.2. The fraction of sp³-hybridized carbons (Fsp3) is 1.00. The summed E-state index contributed by atoms with van der Waals surface area (Å²) in [5.74, 6) is -0.285. The van der Waals surface area contributed by atoms with Crippen LogP contribution in [0.4, 0.5) is 13.2 Å². The lowest BCUT2D eigenvalue weighted by molar-refractivity contribution is -0.105. The van der Waals surface area contributed by atoms with Crippen molar-refractivity contribution >= 4 is 11.8 Å². The minimum atomic E-state index is -4.04. The van der Waals surface area contributed by atoms with Gasteiger partial charge in [0.2, 0.25) is 0 Å². The summed E-state index contributed by atoms with van der Waals surface area (Å²) in [6.07, 6.45) is -2.09. The van der Waals surface area contributed by atoms with E-state index in [1.165, 1.54) is 0 Å². The number of hydrogen-bond donors (Lipinski definition) is 0. The van der Waals surface area contributed by atoms with Gasteiger partial charge < -0.3 is 4.74 Å². The molecule has 5 heteroatoms. The van der Waals surface area contributed by atoms with E-state index >= 15 is 0 Å². The van der Waals surface area contributed by atoms with Crippen LogP contribution in [-0.2, 0) is 4.74 Å². The molecule has 1 aliphatic rings. The van der Waals surface area contributed by atoms with Crippen LogP contribution in [0.3, 0.4) is 0 Å². The van der Waals surface area contributed by atoms with Crippen LogP contribution >= 0.6 is 11.8 Å². The molecule has 0 N–H and O–H groups in total. The Labute approximate surface area is 73.7 Å². The molecule has 72 valence electrons. The fourth-order valence-corrected chi connectivity index (χ4v) is 1.96. The summed E-state index contributed by atoms with van der Waals surface area (Å²) in [5, 5.41) is 0. The van der Waals surface area contributed by atoms with Gasteiger partial charge in [-0.2, -0.15) is 13.2 Å². The lowest BCUT2D eigenvalue weighted by Crippen LogP contribution is -2.15. The van der Waals surface area contributed by atoms with Gasteiger partial charge in [-0.15, -0.1) is 11.8 Å². The summed E-state index contributed by atoms with van der Waals surface area (Å²) >= 11 is 0.907. The molecule has 1 saturated heterocycles. The maximum Gasteiger partial charge on any atom is 0.397 e. The molecular weight excluding hydrogens is 189 g/mol. The predicted molar refractivity (Wildman–Crippen MR) is 42.4 cm³/mol. The van der Waals surface area contributed by atoms with Crippen LogP contribution in [-0.4, -0.2) is 30.4 Å². The van der Waals surface area contributed by atoms with E-state index in [9.17, 15) is 13.2 Å². The number of ether oxygens (including phenoxy) is 1. The minimum absolute atomic E-state index is 0.0531. The molecule has 1 heterocycles. The Bertz CT molecular complexity index is 131. The Morgan fingerprint density at radius 3 is 2.67 bits per heavy atom. The van der Waals surface area contributed by atoms with Gasteiger partial charge in [0, 0.05) is 12.4 Å². The molecule has 1 fully saturated rings. The lowest BCUT2D eigenvalue weighted by Gasteiger charge is -2.09. The molecule has 0 spiro atoms. The average Bonchev–Trinajstić information content (AvgIpc) is 2.36. The molecule has 1 rings (SSSR count). The van der Waals surface area contributed by atoms with Crippen molar-refractivity contribution in [2.24, 2.45) is 0 Å². The van der Waals surface area contributed by atoms with E-state index in [4.69, 9.17) is 4.74 Å². The second-order valence-corrected chi connectivity index (χ2v) is 3.80. The Hall–Kier alpha value is 0.1000. The van der Waals surface area contributed by atoms with Gasteiger partial charge in [0.25, 0.3) is 0 Å². The van der Waals surface area contributed by atoms with Gasteiger partial charge >= 0.3 is 6.18 Å². The van der Waals surface area contributed by atoms with Crippen LogP contribution in [0, 0.1) is 0 Å². The zero-order chi connectivity index (χ0) is 9.03. The zero-order valence-corrected chi connectivity index (χ0v) is 7.38. The van der Waals surface area contributed by atoms with Gasteiger partial charge in [-0.1, -0.05) is 0 Å². The minimum Gasteiger partial charge on any atom is -0.377 e. The molecule has 12 heavy (non-hydrogen) atoms. The van der Waals surface area contributed by atoms with E-state index < -0.39 is 11.9 Å². The molecule has 0 amide bonds. The Balaban J connectivity index is 2.02. The number of hydrogen-bond acceptors (Lipinski definition) is 2.